The van der Waals surface area contributed by atoms with Crippen LogP contribution in [0, 0.1) is 0 Å². The van der Waals surface area contributed by atoms with Gasteiger partial charge in [-0.25, -0.2) is 0 Å². The molecule has 0 aliphatic heterocycles. The van der Waals surface area contributed by atoms with Gasteiger partial charge in [-0.2, -0.15) is 0 Å². The number of halogens is 3. The molecule has 0 saturated heterocycles. The molecule has 4 heteroatoms. The Morgan fingerprint density at radius 2 is 1.81 bits per heavy atom. The van der Waals surface area contributed by atoms with Gasteiger partial charge in [0.1, 0.15) is 0 Å². The average Bonchev–Trinajstić information content (AvgIpc) is 3.07. The van der Waals surface area contributed by atoms with Crippen molar-refractivity contribution in [3.63, 3.8) is 0 Å². The third-order valence-electron chi connectivity index (χ3n) is 2.84. The number of aromatic nitrogens is 1. The highest BCUT2D eigenvalue weighted by Gasteiger charge is 2.26. The number of nitrogens with zero attached hydrogens (tertiary/aromatic N) is 1. The summed E-state index contributed by atoms with van der Waals surface area (Å²) in [5.41, 5.74) is 1.74. The third-order valence-corrected chi connectivity index (χ3v) is 3.94. The lowest BCUT2D eigenvalue weighted by atomic mass is 10.1. The molecule has 0 atom stereocenters. The second kappa shape index (κ2) is 3.76. The molecule has 1 saturated carbocycles. The van der Waals surface area contributed by atoms with Crippen LogP contribution < -0.4 is 0 Å². The summed E-state index contributed by atoms with van der Waals surface area (Å²) >= 11 is 18.3. The number of hydrogen-bond acceptors (Lipinski definition) is 1. The van der Waals surface area contributed by atoms with Crippen LogP contribution in [0.4, 0.5) is 0 Å². The summed E-state index contributed by atoms with van der Waals surface area (Å²) in [7, 11) is 0. The summed E-state index contributed by atoms with van der Waals surface area (Å²) in [6.07, 6.45) is 2.38. The van der Waals surface area contributed by atoms with E-state index >= 15 is 0 Å². The van der Waals surface area contributed by atoms with E-state index in [9.17, 15) is 0 Å². The molecule has 1 aromatic heterocycles. The van der Waals surface area contributed by atoms with Crippen LogP contribution in [0.25, 0.3) is 10.9 Å². The first-order valence-electron chi connectivity index (χ1n) is 5.11. The maximum absolute atomic E-state index is 6.22. The smallest absolute Gasteiger partial charge is 0.0921 e. The zero-order valence-electron chi connectivity index (χ0n) is 8.30. The van der Waals surface area contributed by atoms with Crippen molar-refractivity contribution in [1.82, 2.24) is 4.98 Å². The zero-order chi connectivity index (χ0) is 11.3. The molecule has 16 heavy (non-hydrogen) atoms. The van der Waals surface area contributed by atoms with Crippen molar-refractivity contribution in [2.75, 3.05) is 0 Å². The van der Waals surface area contributed by atoms with Crippen LogP contribution in [0.15, 0.2) is 18.2 Å². The predicted molar refractivity (Wildman–Crippen MR) is 68.7 cm³/mol. The second-order valence-electron chi connectivity index (χ2n) is 4.06. The van der Waals surface area contributed by atoms with E-state index in [1.165, 1.54) is 12.8 Å². The van der Waals surface area contributed by atoms with Crippen LogP contribution in [0.1, 0.15) is 24.5 Å². The van der Waals surface area contributed by atoms with Gasteiger partial charge in [0.2, 0.25) is 0 Å². The molecular weight excluding hydrogens is 264 g/mol. The molecule has 1 aliphatic rings. The van der Waals surface area contributed by atoms with Crippen LogP contribution in [-0.2, 0) is 0 Å². The molecule has 0 spiro atoms. The Kier molecular flexibility index (Phi) is 2.50. The lowest BCUT2D eigenvalue weighted by Gasteiger charge is -2.06. The summed E-state index contributed by atoms with van der Waals surface area (Å²) < 4.78 is 0. The van der Waals surface area contributed by atoms with E-state index in [4.69, 9.17) is 34.8 Å². The van der Waals surface area contributed by atoms with Crippen molar-refractivity contribution in [2.24, 2.45) is 0 Å². The average molecular weight is 273 g/mol. The van der Waals surface area contributed by atoms with E-state index in [-0.39, 0.29) is 0 Å². The molecule has 1 fully saturated rings. The standard InChI is InChI=1S/C12H8Cl3N/c13-8-4-3-7-9(14)5-10(6-1-2-6)16-12(7)11(8)15/h3-6H,1-2H2. The molecule has 0 unspecified atom stereocenters. The molecule has 0 bridgehead atoms. The lowest BCUT2D eigenvalue weighted by molar-refractivity contribution is 1.04. The van der Waals surface area contributed by atoms with E-state index in [0.717, 1.165) is 11.1 Å². The van der Waals surface area contributed by atoms with Crippen LogP contribution in [0.5, 0.6) is 0 Å². The summed E-state index contributed by atoms with van der Waals surface area (Å²) in [6, 6.07) is 5.54. The SMILES string of the molecule is Clc1ccc2c(Cl)cc(C3CC3)nc2c1Cl. The second-order valence-corrected chi connectivity index (χ2v) is 5.25. The van der Waals surface area contributed by atoms with Gasteiger partial charge in [0, 0.05) is 17.0 Å². The van der Waals surface area contributed by atoms with Crippen molar-refractivity contribution in [2.45, 2.75) is 18.8 Å². The molecule has 0 radical (unpaired) electrons. The summed E-state index contributed by atoms with van der Waals surface area (Å²) in [6.45, 7) is 0. The Bertz CT molecular complexity index is 576. The fourth-order valence-corrected chi connectivity index (χ4v) is 2.42. The number of benzene rings is 1. The molecule has 2 aromatic rings. The fourth-order valence-electron chi connectivity index (χ4n) is 1.80. The first-order chi connectivity index (χ1) is 7.66. The summed E-state index contributed by atoms with van der Waals surface area (Å²) in [5.74, 6) is 0.553. The Hall–Kier alpha value is -0.500. The van der Waals surface area contributed by atoms with E-state index in [0.29, 0.717) is 26.5 Å². The van der Waals surface area contributed by atoms with Gasteiger partial charge >= 0.3 is 0 Å². The highest BCUT2D eigenvalue weighted by Crippen LogP contribution is 2.42. The minimum absolute atomic E-state index is 0.489. The van der Waals surface area contributed by atoms with Gasteiger partial charge in [-0.3, -0.25) is 4.98 Å². The molecule has 1 aliphatic carbocycles. The Labute approximate surface area is 108 Å². The molecule has 82 valence electrons. The van der Waals surface area contributed by atoms with Crippen molar-refractivity contribution < 1.29 is 0 Å². The van der Waals surface area contributed by atoms with Gasteiger partial charge in [0.25, 0.3) is 0 Å². The topological polar surface area (TPSA) is 12.9 Å². The molecule has 1 aromatic carbocycles. The minimum atomic E-state index is 0.489. The molecule has 0 amide bonds. The Morgan fingerprint density at radius 3 is 2.50 bits per heavy atom. The Balaban J connectivity index is 2.33. The van der Waals surface area contributed by atoms with Gasteiger partial charge in [0.05, 0.1) is 20.6 Å². The molecule has 1 nitrogen and oxygen atoms in total. The van der Waals surface area contributed by atoms with E-state index < -0.39 is 0 Å². The maximum Gasteiger partial charge on any atom is 0.0921 e. The summed E-state index contributed by atoms with van der Waals surface area (Å²) in [4.78, 5) is 4.56. The fraction of sp³-hybridized carbons (Fsp3) is 0.250. The van der Waals surface area contributed by atoms with Crippen LogP contribution in [-0.4, -0.2) is 4.98 Å². The summed E-state index contributed by atoms with van der Waals surface area (Å²) in [5, 5.41) is 2.57. The van der Waals surface area contributed by atoms with Gasteiger partial charge < -0.3 is 0 Å². The first-order valence-corrected chi connectivity index (χ1v) is 6.24. The van der Waals surface area contributed by atoms with E-state index in [1.807, 2.05) is 12.1 Å². The van der Waals surface area contributed by atoms with Crippen molar-refractivity contribution in [3.8, 4) is 0 Å². The number of rotatable bonds is 1. The monoisotopic (exact) mass is 271 g/mol. The van der Waals surface area contributed by atoms with Gasteiger partial charge in [-0.05, 0) is 31.0 Å². The molecule has 0 N–H and O–H groups in total. The number of pyridine rings is 1. The number of fused-ring (bicyclic) bond motifs is 1. The highest BCUT2D eigenvalue weighted by molar-refractivity contribution is 6.46. The van der Waals surface area contributed by atoms with Gasteiger partial charge in [-0.15, -0.1) is 0 Å². The Morgan fingerprint density at radius 1 is 1.06 bits per heavy atom. The largest absolute Gasteiger partial charge is 0.251 e. The molecule has 1 heterocycles. The van der Waals surface area contributed by atoms with Crippen molar-refractivity contribution in [3.05, 3.63) is 39.0 Å². The molecule has 3 rings (SSSR count). The normalized spacial score (nSPS) is 15.7. The van der Waals surface area contributed by atoms with Gasteiger partial charge in [-0.1, -0.05) is 34.8 Å². The quantitative estimate of drug-likeness (QED) is 0.706. The molecular formula is C12H8Cl3N. The highest BCUT2D eigenvalue weighted by atomic mass is 35.5. The lowest BCUT2D eigenvalue weighted by Crippen LogP contribution is -1.90. The van der Waals surface area contributed by atoms with Crippen LogP contribution in [0.2, 0.25) is 15.1 Å². The van der Waals surface area contributed by atoms with Gasteiger partial charge in [0.15, 0.2) is 0 Å². The van der Waals surface area contributed by atoms with Crippen LogP contribution in [0.3, 0.4) is 0 Å². The maximum atomic E-state index is 6.22. The minimum Gasteiger partial charge on any atom is -0.251 e. The van der Waals surface area contributed by atoms with E-state index in [2.05, 4.69) is 4.98 Å². The van der Waals surface area contributed by atoms with Crippen LogP contribution >= 0.6 is 34.8 Å². The zero-order valence-corrected chi connectivity index (χ0v) is 10.6. The predicted octanol–water partition coefficient (Wildman–Crippen LogP) is 5.07. The van der Waals surface area contributed by atoms with Crippen molar-refractivity contribution in [1.29, 1.82) is 0 Å². The third kappa shape index (κ3) is 1.67. The first kappa shape index (κ1) is 10.6. The van der Waals surface area contributed by atoms with Crippen molar-refractivity contribution >= 4 is 45.7 Å². The number of hydrogen-bond donors (Lipinski definition) is 0. The van der Waals surface area contributed by atoms with E-state index in [1.54, 1.807) is 6.07 Å².